The quantitative estimate of drug-likeness (QED) is 0.619. The van der Waals surface area contributed by atoms with E-state index in [9.17, 15) is 0 Å². The second kappa shape index (κ2) is 6.10. The molecule has 0 amide bonds. The van der Waals surface area contributed by atoms with Crippen molar-refractivity contribution in [1.29, 1.82) is 0 Å². The van der Waals surface area contributed by atoms with E-state index in [1.54, 1.807) is 24.4 Å². The molecule has 0 spiro atoms. The van der Waals surface area contributed by atoms with E-state index >= 15 is 0 Å². The number of benzene rings is 2. The first-order chi connectivity index (χ1) is 8.66. The van der Waals surface area contributed by atoms with Gasteiger partial charge in [-0.1, -0.05) is 53.0 Å². The van der Waals surface area contributed by atoms with Crippen LogP contribution in [0.15, 0.2) is 47.6 Å². The standard InChI is InChI=1S/C13H9Cl3N2/c14-10-4-2-5-11(7-10)18-17-8-9-3-1-6-12(15)13(9)16/h1-8,18H/b17-8-. The minimum Gasteiger partial charge on any atom is -0.278 e. The first-order valence-corrected chi connectivity index (χ1v) is 6.29. The monoisotopic (exact) mass is 298 g/mol. The van der Waals surface area contributed by atoms with Gasteiger partial charge in [0.1, 0.15) is 0 Å². The van der Waals surface area contributed by atoms with Crippen LogP contribution in [0.5, 0.6) is 0 Å². The van der Waals surface area contributed by atoms with Crippen molar-refractivity contribution in [3.8, 4) is 0 Å². The largest absolute Gasteiger partial charge is 0.278 e. The molecule has 92 valence electrons. The van der Waals surface area contributed by atoms with Gasteiger partial charge in [-0.3, -0.25) is 5.43 Å². The Kier molecular flexibility index (Phi) is 4.48. The molecule has 5 heteroatoms. The van der Waals surface area contributed by atoms with Gasteiger partial charge in [0.2, 0.25) is 0 Å². The average molecular weight is 300 g/mol. The highest BCUT2D eigenvalue weighted by Crippen LogP contribution is 2.24. The number of nitrogens with zero attached hydrogens (tertiary/aromatic N) is 1. The predicted octanol–water partition coefficient (Wildman–Crippen LogP) is 5.09. The third kappa shape index (κ3) is 3.39. The van der Waals surface area contributed by atoms with E-state index in [0.29, 0.717) is 15.1 Å². The van der Waals surface area contributed by atoms with Crippen LogP contribution in [0.1, 0.15) is 5.56 Å². The smallest absolute Gasteiger partial charge is 0.0680 e. The van der Waals surface area contributed by atoms with Gasteiger partial charge in [-0.15, -0.1) is 0 Å². The van der Waals surface area contributed by atoms with Crippen LogP contribution >= 0.6 is 34.8 Å². The van der Waals surface area contributed by atoms with Crippen LogP contribution in [-0.4, -0.2) is 6.21 Å². The van der Waals surface area contributed by atoms with Crippen LogP contribution in [0.4, 0.5) is 5.69 Å². The first kappa shape index (κ1) is 13.2. The lowest BCUT2D eigenvalue weighted by molar-refractivity contribution is 1.35. The highest BCUT2D eigenvalue weighted by molar-refractivity contribution is 6.43. The Morgan fingerprint density at radius 3 is 2.56 bits per heavy atom. The van der Waals surface area contributed by atoms with Crippen LogP contribution < -0.4 is 5.43 Å². The number of hydrogen-bond donors (Lipinski definition) is 1. The average Bonchev–Trinajstić information content (AvgIpc) is 2.35. The van der Waals surface area contributed by atoms with E-state index in [-0.39, 0.29) is 0 Å². The summed E-state index contributed by atoms with van der Waals surface area (Å²) in [7, 11) is 0. The highest BCUT2D eigenvalue weighted by atomic mass is 35.5. The number of hydrogen-bond acceptors (Lipinski definition) is 2. The van der Waals surface area contributed by atoms with Gasteiger partial charge in [-0.2, -0.15) is 5.10 Å². The van der Waals surface area contributed by atoms with E-state index in [1.807, 2.05) is 24.3 Å². The van der Waals surface area contributed by atoms with E-state index in [4.69, 9.17) is 34.8 Å². The van der Waals surface area contributed by atoms with Gasteiger partial charge < -0.3 is 0 Å². The summed E-state index contributed by atoms with van der Waals surface area (Å²) in [6.45, 7) is 0. The first-order valence-electron chi connectivity index (χ1n) is 5.15. The predicted molar refractivity (Wildman–Crippen MR) is 79.1 cm³/mol. The fourth-order valence-corrected chi connectivity index (χ4v) is 1.90. The molecule has 0 bridgehead atoms. The molecule has 2 aromatic carbocycles. The number of rotatable bonds is 3. The Morgan fingerprint density at radius 1 is 1.00 bits per heavy atom. The summed E-state index contributed by atoms with van der Waals surface area (Å²) in [4.78, 5) is 0. The lowest BCUT2D eigenvalue weighted by atomic mass is 10.2. The lowest BCUT2D eigenvalue weighted by Gasteiger charge is -2.01. The topological polar surface area (TPSA) is 24.4 Å². The Labute approximate surface area is 120 Å². The zero-order valence-corrected chi connectivity index (χ0v) is 11.5. The van der Waals surface area contributed by atoms with E-state index < -0.39 is 0 Å². The third-order valence-corrected chi connectivity index (χ3v) is 3.27. The van der Waals surface area contributed by atoms with Crippen molar-refractivity contribution in [3.05, 3.63) is 63.1 Å². The molecule has 0 saturated carbocycles. The molecule has 18 heavy (non-hydrogen) atoms. The molecule has 2 aromatic rings. The Morgan fingerprint density at radius 2 is 1.78 bits per heavy atom. The molecule has 0 aromatic heterocycles. The number of nitrogens with one attached hydrogen (secondary N) is 1. The summed E-state index contributed by atoms with van der Waals surface area (Å²) >= 11 is 17.8. The fourth-order valence-electron chi connectivity index (χ4n) is 1.35. The summed E-state index contributed by atoms with van der Waals surface area (Å²) in [5, 5.41) is 5.71. The zero-order chi connectivity index (χ0) is 13.0. The summed E-state index contributed by atoms with van der Waals surface area (Å²) in [5.41, 5.74) is 4.42. The van der Waals surface area contributed by atoms with Gasteiger partial charge in [0, 0.05) is 10.6 Å². The number of anilines is 1. The highest BCUT2D eigenvalue weighted by Gasteiger charge is 2.01. The molecule has 2 nitrogen and oxygen atoms in total. The third-order valence-electron chi connectivity index (χ3n) is 2.20. The molecule has 1 N–H and O–H groups in total. The second-order valence-electron chi connectivity index (χ2n) is 3.52. The van der Waals surface area contributed by atoms with Crippen LogP contribution in [0.25, 0.3) is 0 Å². The summed E-state index contributed by atoms with van der Waals surface area (Å²) in [5.74, 6) is 0. The normalized spacial score (nSPS) is 10.8. The number of halogens is 3. The van der Waals surface area contributed by atoms with E-state index in [1.165, 1.54) is 0 Å². The molecule has 0 aliphatic heterocycles. The summed E-state index contributed by atoms with van der Waals surface area (Å²) in [6, 6.07) is 12.6. The lowest BCUT2D eigenvalue weighted by Crippen LogP contribution is -1.91. The molecule has 0 aliphatic rings. The van der Waals surface area contributed by atoms with Gasteiger partial charge in [0.15, 0.2) is 0 Å². The van der Waals surface area contributed by atoms with Gasteiger partial charge >= 0.3 is 0 Å². The van der Waals surface area contributed by atoms with Gasteiger partial charge in [-0.05, 0) is 24.3 Å². The minimum atomic E-state index is 0.482. The van der Waals surface area contributed by atoms with E-state index in [0.717, 1.165) is 11.3 Å². The van der Waals surface area contributed by atoms with E-state index in [2.05, 4.69) is 10.5 Å². The molecule has 0 atom stereocenters. The second-order valence-corrected chi connectivity index (χ2v) is 4.74. The molecular weight excluding hydrogens is 291 g/mol. The van der Waals surface area contributed by atoms with Crippen LogP contribution in [0.2, 0.25) is 15.1 Å². The molecule has 0 unspecified atom stereocenters. The maximum atomic E-state index is 6.03. The van der Waals surface area contributed by atoms with Crippen LogP contribution in [0.3, 0.4) is 0 Å². The van der Waals surface area contributed by atoms with Crippen LogP contribution in [0, 0.1) is 0 Å². The van der Waals surface area contributed by atoms with Gasteiger partial charge in [-0.25, -0.2) is 0 Å². The fraction of sp³-hybridized carbons (Fsp3) is 0. The van der Waals surface area contributed by atoms with Gasteiger partial charge in [0.05, 0.1) is 21.9 Å². The molecule has 2 rings (SSSR count). The Bertz CT molecular complexity index is 582. The molecule has 0 fully saturated rings. The molecule has 0 aliphatic carbocycles. The minimum absolute atomic E-state index is 0.482. The van der Waals surface area contributed by atoms with Crippen LogP contribution in [-0.2, 0) is 0 Å². The van der Waals surface area contributed by atoms with Gasteiger partial charge in [0.25, 0.3) is 0 Å². The van der Waals surface area contributed by atoms with Crippen molar-refractivity contribution in [2.75, 3.05) is 5.43 Å². The Balaban J connectivity index is 2.10. The molecular formula is C13H9Cl3N2. The maximum absolute atomic E-state index is 6.03. The van der Waals surface area contributed by atoms with Crippen molar-refractivity contribution in [1.82, 2.24) is 0 Å². The number of hydrazone groups is 1. The van der Waals surface area contributed by atoms with Crippen molar-refractivity contribution < 1.29 is 0 Å². The molecule has 0 radical (unpaired) electrons. The summed E-state index contributed by atoms with van der Waals surface area (Å²) in [6.07, 6.45) is 1.61. The van der Waals surface area contributed by atoms with Crippen molar-refractivity contribution in [3.63, 3.8) is 0 Å². The van der Waals surface area contributed by atoms with Crippen molar-refractivity contribution in [2.24, 2.45) is 5.10 Å². The zero-order valence-electron chi connectivity index (χ0n) is 9.20. The Hall–Kier alpha value is -1.22. The molecule has 0 saturated heterocycles. The summed E-state index contributed by atoms with van der Waals surface area (Å²) < 4.78 is 0. The van der Waals surface area contributed by atoms with Crippen molar-refractivity contribution >= 4 is 46.7 Å². The van der Waals surface area contributed by atoms with Crippen molar-refractivity contribution in [2.45, 2.75) is 0 Å². The molecule has 0 heterocycles. The SMILES string of the molecule is Clc1cccc(N/N=C\c2cccc(Cl)c2Cl)c1. The maximum Gasteiger partial charge on any atom is 0.0680 e.